The van der Waals surface area contributed by atoms with Crippen LogP contribution < -0.4 is 4.74 Å². The molecular formula is C16H21N3O2. The highest BCUT2D eigenvalue weighted by molar-refractivity contribution is 5.99. The van der Waals surface area contributed by atoms with Gasteiger partial charge in [-0.2, -0.15) is 5.26 Å². The second-order valence-electron chi connectivity index (χ2n) is 5.01. The molecule has 0 saturated heterocycles. The third-order valence-corrected chi connectivity index (χ3v) is 4.03. The molecule has 5 nitrogen and oxygen atoms in total. The van der Waals surface area contributed by atoms with E-state index in [2.05, 4.69) is 24.8 Å². The molecule has 1 aromatic carbocycles. The van der Waals surface area contributed by atoms with Crippen LogP contribution in [0.4, 0.5) is 0 Å². The van der Waals surface area contributed by atoms with Gasteiger partial charge in [-0.25, -0.2) is 0 Å². The number of nitrogens with zero attached hydrogens (tertiary/aromatic N) is 3. The van der Waals surface area contributed by atoms with Crippen molar-refractivity contribution in [2.24, 2.45) is 0 Å². The molecule has 1 aromatic rings. The van der Waals surface area contributed by atoms with Gasteiger partial charge >= 0.3 is 0 Å². The highest BCUT2D eigenvalue weighted by Gasteiger charge is 2.36. The van der Waals surface area contributed by atoms with Gasteiger partial charge in [0.25, 0.3) is 5.91 Å². The van der Waals surface area contributed by atoms with E-state index >= 15 is 0 Å². The van der Waals surface area contributed by atoms with E-state index in [1.807, 2.05) is 0 Å². The fourth-order valence-corrected chi connectivity index (χ4v) is 2.69. The Balaban J connectivity index is 2.22. The molecule has 1 unspecified atom stereocenters. The van der Waals surface area contributed by atoms with E-state index in [4.69, 9.17) is 4.74 Å². The molecule has 0 N–H and O–H groups in total. The summed E-state index contributed by atoms with van der Waals surface area (Å²) in [4.78, 5) is 16.4. The number of likely N-dealkylation sites (N-methyl/N-ethyl adjacent to an activating group) is 1. The van der Waals surface area contributed by atoms with Crippen molar-refractivity contribution in [2.45, 2.75) is 19.9 Å². The van der Waals surface area contributed by atoms with Gasteiger partial charge < -0.3 is 14.5 Å². The Kier molecular flexibility index (Phi) is 4.81. The van der Waals surface area contributed by atoms with Crippen molar-refractivity contribution in [1.82, 2.24) is 9.80 Å². The van der Waals surface area contributed by atoms with Crippen molar-refractivity contribution in [3.05, 3.63) is 29.3 Å². The zero-order valence-electron chi connectivity index (χ0n) is 12.8. The number of carbonyl (C=O) groups is 1. The van der Waals surface area contributed by atoms with Crippen LogP contribution in [-0.4, -0.2) is 49.0 Å². The molecule has 0 radical (unpaired) electrons. The number of methoxy groups -OCH3 is 1. The second kappa shape index (κ2) is 6.59. The molecule has 112 valence electrons. The number of rotatable bonds is 6. The minimum absolute atomic E-state index is 0.0636. The van der Waals surface area contributed by atoms with Crippen LogP contribution in [0.2, 0.25) is 0 Å². The monoisotopic (exact) mass is 287 g/mol. The topological polar surface area (TPSA) is 56.6 Å². The van der Waals surface area contributed by atoms with Crippen LogP contribution in [-0.2, 0) is 0 Å². The van der Waals surface area contributed by atoms with Gasteiger partial charge in [-0.3, -0.25) is 4.79 Å². The van der Waals surface area contributed by atoms with Crippen LogP contribution in [0.15, 0.2) is 18.2 Å². The van der Waals surface area contributed by atoms with E-state index in [1.54, 1.807) is 30.2 Å². The predicted octanol–water partition coefficient (Wildman–Crippen LogP) is 2.06. The van der Waals surface area contributed by atoms with Crippen LogP contribution in [0, 0.1) is 11.3 Å². The average molecular weight is 287 g/mol. The van der Waals surface area contributed by atoms with Gasteiger partial charge in [0.15, 0.2) is 0 Å². The summed E-state index contributed by atoms with van der Waals surface area (Å²) in [6.07, 6.45) is 0. The number of fused-ring (bicyclic) bond motifs is 1. The van der Waals surface area contributed by atoms with Crippen LogP contribution in [0.5, 0.6) is 5.75 Å². The van der Waals surface area contributed by atoms with Crippen molar-refractivity contribution in [2.75, 3.05) is 33.3 Å². The van der Waals surface area contributed by atoms with Gasteiger partial charge in [0.05, 0.1) is 13.2 Å². The molecular weight excluding hydrogens is 266 g/mol. The van der Waals surface area contributed by atoms with Crippen molar-refractivity contribution in [3.63, 3.8) is 0 Å². The highest BCUT2D eigenvalue weighted by atomic mass is 16.5. The van der Waals surface area contributed by atoms with Gasteiger partial charge in [-0.05, 0) is 31.3 Å². The largest absolute Gasteiger partial charge is 0.497 e. The summed E-state index contributed by atoms with van der Waals surface area (Å²) in [5.74, 6) is 0.610. The number of amides is 1. The fraction of sp³-hybridized carbons (Fsp3) is 0.500. The number of carbonyl (C=O) groups excluding carboxylic acids is 1. The van der Waals surface area contributed by atoms with Crippen LogP contribution in [0.25, 0.3) is 0 Å². The molecule has 1 aliphatic heterocycles. The lowest BCUT2D eigenvalue weighted by Crippen LogP contribution is -2.36. The standard InChI is InChI=1S/C16H21N3O2/c1-4-18(5-2)8-9-19-15(11-17)14-10-12(21-3)6-7-13(14)16(19)20/h6-7,10,15H,4-5,8-9H2,1-3H3. The Labute approximate surface area is 125 Å². The summed E-state index contributed by atoms with van der Waals surface area (Å²) in [7, 11) is 1.58. The summed E-state index contributed by atoms with van der Waals surface area (Å²) >= 11 is 0. The number of benzene rings is 1. The fourth-order valence-electron chi connectivity index (χ4n) is 2.69. The first-order valence-corrected chi connectivity index (χ1v) is 7.27. The summed E-state index contributed by atoms with van der Waals surface area (Å²) in [5.41, 5.74) is 1.36. The summed E-state index contributed by atoms with van der Waals surface area (Å²) in [6.45, 7) is 7.41. The normalized spacial score (nSPS) is 17.0. The third kappa shape index (κ3) is 2.86. The first-order chi connectivity index (χ1) is 10.2. The second-order valence-corrected chi connectivity index (χ2v) is 5.01. The van der Waals surface area contributed by atoms with Crippen molar-refractivity contribution in [3.8, 4) is 11.8 Å². The molecule has 1 heterocycles. The quantitative estimate of drug-likeness (QED) is 0.803. The molecule has 1 atom stereocenters. The van der Waals surface area contributed by atoms with Crippen LogP contribution in [0.3, 0.4) is 0 Å². The van der Waals surface area contributed by atoms with Gasteiger partial charge in [-0.15, -0.1) is 0 Å². The smallest absolute Gasteiger partial charge is 0.255 e. The number of hydrogen-bond acceptors (Lipinski definition) is 4. The summed E-state index contributed by atoms with van der Waals surface area (Å²) in [6, 6.07) is 7.03. The molecule has 1 amide bonds. The van der Waals surface area contributed by atoms with E-state index in [1.165, 1.54) is 0 Å². The minimum Gasteiger partial charge on any atom is -0.497 e. The lowest BCUT2D eigenvalue weighted by molar-refractivity contribution is 0.0738. The zero-order chi connectivity index (χ0) is 15.4. The Bertz CT molecular complexity index is 561. The Hall–Kier alpha value is -2.06. The predicted molar refractivity (Wildman–Crippen MR) is 80.2 cm³/mol. The Morgan fingerprint density at radius 1 is 1.38 bits per heavy atom. The SMILES string of the molecule is CCN(CC)CCN1C(=O)c2ccc(OC)cc2C1C#N. The van der Waals surface area contributed by atoms with Crippen molar-refractivity contribution >= 4 is 5.91 Å². The van der Waals surface area contributed by atoms with E-state index in [-0.39, 0.29) is 5.91 Å². The zero-order valence-corrected chi connectivity index (χ0v) is 12.8. The molecule has 0 saturated carbocycles. The van der Waals surface area contributed by atoms with Gasteiger partial charge in [0.2, 0.25) is 0 Å². The number of ether oxygens (including phenoxy) is 1. The Morgan fingerprint density at radius 3 is 2.67 bits per heavy atom. The Morgan fingerprint density at radius 2 is 2.10 bits per heavy atom. The van der Waals surface area contributed by atoms with E-state index in [0.29, 0.717) is 17.9 Å². The van der Waals surface area contributed by atoms with Crippen LogP contribution in [0.1, 0.15) is 35.8 Å². The molecule has 0 spiro atoms. The number of nitriles is 1. The number of hydrogen-bond donors (Lipinski definition) is 0. The van der Waals surface area contributed by atoms with Crippen LogP contribution >= 0.6 is 0 Å². The maximum atomic E-state index is 12.5. The molecule has 2 rings (SSSR count). The highest BCUT2D eigenvalue weighted by Crippen LogP contribution is 2.35. The maximum Gasteiger partial charge on any atom is 0.255 e. The minimum atomic E-state index is -0.516. The third-order valence-electron chi connectivity index (χ3n) is 4.03. The average Bonchev–Trinajstić information content (AvgIpc) is 2.79. The molecule has 5 heteroatoms. The lowest BCUT2D eigenvalue weighted by atomic mass is 10.1. The summed E-state index contributed by atoms with van der Waals surface area (Å²) < 4.78 is 5.19. The molecule has 21 heavy (non-hydrogen) atoms. The van der Waals surface area contributed by atoms with Crippen molar-refractivity contribution in [1.29, 1.82) is 5.26 Å². The lowest BCUT2D eigenvalue weighted by Gasteiger charge is -2.25. The van der Waals surface area contributed by atoms with E-state index < -0.39 is 6.04 Å². The van der Waals surface area contributed by atoms with E-state index in [0.717, 1.165) is 25.2 Å². The molecule has 0 bridgehead atoms. The summed E-state index contributed by atoms with van der Waals surface area (Å²) in [5, 5.41) is 9.45. The van der Waals surface area contributed by atoms with Crippen molar-refractivity contribution < 1.29 is 9.53 Å². The van der Waals surface area contributed by atoms with Gasteiger partial charge in [0.1, 0.15) is 11.8 Å². The van der Waals surface area contributed by atoms with Gasteiger partial charge in [-0.1, -0.05) is 13.8 Å². The molecule has 0 aliphatic carbocycles. The first-order valence-electron chi connectivity index (χ1n) is 7.27. The molecule has 1 aliphatic rings. The molecule has 0 aromatic heterocycles. The van der Waals surface area contributed by atoms with Gasteiger partial charge in [0, 0.05) is 24.2 Å². The maximum absolute atomic E-state index is 12.5. The van der Waals surface area contributed by atoms with E-state index in [9.17, 15) is 10.1 Å². The molecule has 0 fully saturated rings. The first kappa shape index (κ1) is 15.3.